The van der Waals surface area contributed by atoms with E-state index in [1.165, 1.54) is 12.7 Å². The predicted molar refractivity (Wildman–Crippen MR) is 98.5 cm³/mol. The molecule has 2 aromatic heterocycles. The van der Waals surface area contributed by atoms with Gasteiger partial charge < -0.3 is 30.0 Å². The Balaban J connectivity index is 0.00000320. The molecule has 3 rings (SSSR count). The maximum atomic E-state index is 11.7. The number of phosphoric acid groups is 3. The fraction of sp³-hybridized carbons (Fsp3) is 0.500. The first kappa shape index (κ1) is 25.6. The van der Waals surface area contributed by atoms with Crippen molar-refractivity contribution < 1.29 is 51.2 Å². The third-order valence-corrected chi connectivity index (χ3v) is 7.42. The molecule has 1 radical (unpaired) electrons. The van der Waals surface area contributed by atoms with Crippen LogP contribution < -0.4 is 5.73 Å². The van der Waals surface area contributed by atoms with Crippen LogP contribution in [0.5, 0.6) is 0 Å². The first-order chi connectivity index (χ1) is 13.4. The Morgan fingerprint density at radius 1 is 1.10 bits per heavy atom. The standard InChI is InChI=1S/C10H16N5O11P3.Li/c11-9-8-10(13-4-12-9)15(5-14-8)7-2-1-6(24-7)3-23-28(19,20)26-29(21,22)25-27(16,17)18;/h4-7H,1-3H2,(H,19,20)(H,21,22)(H2,11,12,13)(H2,16,17,18);. The predicted octanol–water partition coefficient (Wildman–Crippen LogP) is 0.0486. The molecule has 6 N–H and O–H groups in total. The molecule has 1 aliphatic heterocycles. The van der Waals surface area contributed by atoms with Gasteiger partial charge in [-0.2, -0.15) is 8.62 Å². The molecule has 1 fully saturated rings. The molecule has 4 atom stereocenters. The number of rotatable bonds is 8. The summed E-state index contributed by atoms with van der Waals surface area (Å²) in [5.74, 6) is 0.191. The van der Waals surface area contributed by atoms with E-state index in [9.17, 15) is 18.6 Å². The van der Waals surface area contributed by atoms with Crippen molar-refractivity contribution in [2.75, 3.05) is 12.3 Å². The Morgan fingerprint density at radius 2 is 1.80 bits per heavy atom. The number of fused-ring (bicyclic) bond motifs is 1. The van der Waals surface area contributed by atoms with Crippen molar-refractivity contribution in [1.82, 2.24) is 19.5 Å². The van der Waals surface area contributed by atoms with Crippen LogP contribution in [0.4, 0.5) is 5.82 Å². The quantitative estimate of drug-likeness (QED) is 0.247. The summed E-state index contributed by atoms with van der Waals surface area (Å²) in [6.45, 7) is -0.524. The van der Waals surface area contributed by atoms with E-state index in [1.807, 2.05) is 0 Å². The van der Waals surface area contributed by atoms with E-state index in [4.69, 9.17) is 25.2 Å². The van der Waals surface area contributed by atoms with Crippen molar-refractivity contribution in [3.05, 3.63) is 12.7 Å². The Kier molecular flexibility index (Phi) is 8.05. The minimum atomic E-state index is -5.56. The number of nitrogens with zero attached hydrogens (tertiary/aromatic N) is 4. The maximum absolute atomic E-state index is 11.7. The Labute approximate surface area is 180 Å². The van der Waals surface area contributed by atoms with Crippen molar-refractivity contribution in [3.8, 4) is 0 Å². The van der Waals surface area contributed by atoms with Crippen molar-refractivity contribution in [2.24, 2.45) is 0 Å². The van der Waals surface area contributed by atoms with Gasteiger partial charge in [0.1, 0.15) is 18.1 Å². The molecule has 16 nitrogen and oxygen atoms in total. The van der Waals surface area contributed by atoms with Crippen molar-refractivity contribution in [1.29, 1.82) is 0 Å². The van der Waals surface area contributed by atoms with Crippen molar-refractivity contribution in [2.45, 2.75) is 25.2 Å². The first-order valence-electron chi connectivity index (χ1n) is 7.72. The summed E-state index contributed by atoms with van der Waals surface area (Å²) in [5, 5.41) is 0. The van der Waals surface area contributed by atoms with E-state index in [0.717, 1.165) is 0 Å². The third-order valence-electron chi connectivity index (χ3n) is 3.62. The normalized spacial score (nSPS) is 23.6. The summed E-state index contributed by atoms with van der Waals surface area (Å²) in [6, 6.07) is 0. The van der Waals surface area contributed by atoms with Gasteiger partial charge in [0.05, 0.1) is 19.0 Å². The zero-order valence-electron chi connectivity index (χ0n) is 15.3. The average molecular weight is 482 g/mol. The van der Waals surface area contributed by atoms with E-state index < -0.39 is 42.4 Å². The first-order valence-corrected chi connectivity index (χ1v) is 12.2. The van der Waals surface area contributed by atoms with Gasteiger partial charge in [-0.15, -0.1) is 0 Å². The van der Waals surface area contributed by atoms with E-state index >= 15 is 0 Å². The summed E-state index contributed by atoms with van der Waals surface area (Å²) in [7, 11) is -16.2. The molecular weight excluding hydrogens is 466 g/mol. The van der Waals surface area contributed by atoms with E-state index in [2.05, 4.69) is 28.1 Å². The van der Waals surface area contributed by atoms with Gasteiger partial charge in [-0.05, 0) is 12.8 Å². The van der Waals surface area contributed by atoms with Gasteiger partial charge in [-0.1, -0.05) is 0 Å². The number of hydrogen-bond acceptors (Lipinski definition) is 11. The van der Waals surface area contributed by atoms with Crippen LogP contribution in [0.15, 0.2) is 12.7 Å². The van der Waals surface area contributed by atoms with Crippen molar-refractivity contribution >= 4 is 59.3 Å². The Hall–Kier alpha value is -0.683. The number of anilines is 1. The van der Waals surface area contributed by atoms with E-state index in [0.29, 0.717) is 24.0 Å². The number of nitrogen functional groups attached to an aromatic ring is 1. The fourth-order valence-corrected chi connectivity index (χ4v) is 5.62. The average Bonchev–Trinajstić information content (AvgIpc) is 3.16. The van der Waals surface area contributed by atoms with Gasteiger partial charge in [0, 0.05) is 18.9 Å². The summed E-state index contributed by atoms with van der Waals surface area (Å²) in [6.07, 6.45) is 2.30. The minimum absolute atomic E-state index is 0. The molecule has 20 heteroatoms. The molecule has 0 bridgehead atoms. The monoisotopic (exact) mass is 482 g/mol. The summed E-state index contributed by atoms with van der Waals surface area (Å²) >= 11 is 0. The molecule has 0 aliphatic carbocycles. The molecule has 0 spiro atoms. The molecular formula is C10H16LiN5O11P3. The van der Waals surface area contributed by atoms with Gasteiger partial charge in [0.25, 0.3) is 0 Å². The molecule has 2 aromatic rings. The van der Waals surface area contributed by atoms with Gasteiger partial charge in [0.15, 0.2) is 11.5 Å². The van der Waals surface area contributed by atoms with Crippen molar-refractivity contribution in [3.63, 3.8) is 0 Å². The molecule has 3 heterocycles. The molecule has 163 valence electrons. The summed E-state index contributed by atoms with van der Waals surface area (Å²) in [4.78, 5) is 47.6. The van der Waals surface area contributed by atoms with Crippen LogP contribution in [-0.2, 0) is 31.6 Å². The molecule has 0 saturated carbocycles. The van der Waals surface area contributed by atoms with Crippen LogP contribution >= 0.6 is 23.5 Å². The van der Waals surface area contributed by atoms with E-state index in [-0.39, 0.29) is 24.7 Å². The van der Waals surface area contributed by atoms with Crippen LogP contribution in [0, 0.1) is 0 Å². The minimum Gasteiger partial charge on any atom is -0.382 e. The van der Waals surface area contributed by atoms with Gasteiger partial charge in [-0.3, -0.25) is 9.09 Å². The second kappa shape index (κ2) is 9.44. The van der Waals surface area contributed by atoms with Crippen LogP contribution in [-0.4, -0.2) is 70.7 Å². The number of imidazole rings is 1. The van der Waals surface area contributed by atoms with Crippen LogP contribution in [0.3, 0.4) is 0 Å². The fourth-order valence-electron chi connectivity index (χ4n) is 2.58. The summed E-state index contributed by atoms with van der Waals surface area (Å²) < 4.78 is 52.7. The molecule has 0 amide bonds. The molecule has 0 aromatic carbocycles. The zero-order valence-corrected chi connectivity index (χ0v) is 18.0. The third kappa shape index (κ3) is 6.66. The van der Waals surface area contributed by atoms with Gasteiger partial charge in [0.2, 0.25) is 0 Å². The number of phosphoric ester groups is 1. The van der Waals surface area contributed by atoms with Gasteiger partial charge >= 0.3 is 23.5 Å². The molecule has 4 unspecified atom stereocenters. The van der Waals surface area contributed by atoms with E-state index in [1.54, 1.807) is 4.57 Å². The maximum Gasteiger partial charge on any atom is 0.490 e. The topological polar surface area (TPSA) is 239 Å². The Bertz CT molecular complexity index is 1050. The molecule has 30 heavy (non-hydrogen) atoms. The molecule has 1 aliphatic rings. The van der Waals surface area contributed by atoms with Gasteiger partial charge in [-0.25, -0.2) is 28.6 Å². The largest absolute Gasteiger partial charge is 0.490 e. The second-order valence-electron chi connectivity index (χ2n) is 5.76. The SMILES string of the molecule is Nc1ncnc2c1ncn2C1CCC(COP(=O)(O)OP(=O)(O)OP(=O)(O)O)O1.[Li]. The van der Waals surface area contributed by atoms with Crippen LogP contribution in [0.2, 0.25) is 0 Å². The number of ether oxygens (including phenoxy) is 1. The number of hydrogen-bond donors (Lipinski definition) is 5. The summed E-state index contributed by atoms with van der Waals surface area (Å²) in [5.41, 5.74) is 6.53. The van der Waals surface area contributed by atoms with Crippen LogP contribution in [0.1, 0.15) is 19.1 Å². The number of nitrogens with two attached hydrogens (primary N) is 1. The molecule has 1 saturated heterocycles. The Morgan fingerprint density at radius 3 is 2.47 bits per heavy atom. The smallest absolute Gasteiger partial charge is 0.382 e. The second-order valence-corrected chi connectivity index (χ2v) is 10.2. The number of aromatic nitrogens is 4. The van der Waals surface area contributed by atoms with Crippen LogP contribution in [0.25, 0.3) is 11.2 Å². The zero-order chi connectivity index (χ0) is 21.4.